The summed E-state index contributed by atoms with van der Waals surface area (Å²) >= 11 is 7.19. The summed E-state index contributed by atoms with van der Waals surface area (Å²) in [5.41, 5.74) is 1.43. The quantitative estimate of drug-likeness (QED) is 0.424. The van der Waals surface area contributed by atoms with Crippen LogP contribution in [0.15, 0.2) is 88.0 Å². The van der Waals surface area contributed by atoms with E-state index in [2.05, 4.69) is 5.32 Å². The molecular formula is C24H18ClN3O3S. The number of hydrogen-bond acceptors (Lipinski definition) is 5. The van der Waals surface area contributed by atoms with E-state index >= 15 is 0 Å². The lowest BCUT2D eigenvalue weighted by Crippen LogP contribution is -2.32. The smallest absolute Gasteiger partial charge is 0.265 e. The average molecular weight is 464 g/mol. The summed E-state index contributed by atoms with van der Waals surface area (Å²) in [5.74, 6) is -0.179. The zero-order valence-electron chi connectivity index (χ0n) is 16.8. The van der Waals surface area contributed by atoms with Crippen LogP contribution in [0, 0.1) is 11.3 Å². The maximum Gasteiger partial charge on any atom is 0.265 e. The van der Waals surface area contributed by atoms with Gasteiger partial charge in [0, 0.05) is 10.7 Å². The van der Waals surface area contributed by atoms with Crippen LogP contribution in [0.2, 0.25) is 5.02 Å². The topological polar surface area (TPSA) is 86.3 Å². The molecule has 1 aromatic heterocycles. The van der Waals surface area contributed by atoms with Crippen LogP contribution in [0.1, 0.15) is 11.3 Å². The molecule has 1 atom stereocenters. The molecule has 6 nitrogen and oxygen atoms in total. The maximum absolute atomic E-state index is 13.4. The standard InChI is InChI=1S/C24H18ClN3O3S/c25-17-10-8-16(9-11-17)13-21-23(30)28(18-5-2-1-3-6-18)24(32-21)20(14-26)22(29)27-15-19-7-4-12-31-19/h1-12,21H,13,15H2,(H,27,29)/b24-20-/t21-/m0/s1. The van der Waals surface area contributed by atoms with Gasteiger partial charge in [-0.3, -0.25) is 14.5 Å². The van der Waals surface area contributed by atoms with E-state index in [0.29, 0.717) is 27.9 Å². The molecule has 0 saturated carbocycles. The first kappa shape index (κ1) is 21.8. The van der Waals surface area contributed by atoms with Gasteiger partial charge in [0.25, 0.3) is 5.91 Å². The number of rotatable bonds is 6. The predicted octanol–water partition coefficient (Wildman–Crippen LogP) is 4.68. The molecule has 1 fully saturated rings. The summed E-state index contributed by atoms with van der Waals surface area (Å²) in [6.07, 6.45) is 1.95. The second-order valence-corrected chi connectivity index (χ2v) is 8.63. The summed E-state index contributed by atoms with van der Waals surface area (Å²) in [6, 6.07) is 21.7. The number of thioether (sulfide) groups is 1. The van der Waals surface area contributed by atoms with E-state index < -0.39 is 11.2 Å². The molecule has 0 unspecified atom stereocenters. The van der Waals surface area contributed by atoms with Gasteiger partial charge in [-0.1, -0.05) is 53.7 Å². The Morgan fingerprint density at radius 3 is 2.53 bits per heavy atom. The molecule has 0 radical (unpaired) electrons. The van der Waals surface area contributed by atoms with Crippen molar-refractivity contribution < 1.29 is 14.0 Å². The van der Waals surface area contributed by atoms with Gasteiger partial charge in [-0.05, 0) is 48.4 Å². The van der Waals surface area contributed by atoms with Gasteiger partial charge in [-0.15, -0.1) is 0 Å². The first-order valence-electron chi connectivity index (χ1n) is 9.82. The summed E-state index contributed by atoms with van der Waals surface area (Å²) in [4.78, 5) is 27.7. The van der Waals surface area contributed by atoms with E-state index in [-0.39, 0.29) is 18.0 Å². The monoisotopic (exact) mass is 463 g/mol. The Bertz CT molecular complexity index is 1190. The highest BCUT2D eigenvalue weighted by molar-refractivity contribution is 8.05. The fourth-order valence-electron chi connectivity index (χ4n) is 3.30. The Kier molecular flexibility index (Phi) is 6.64. The second kappa shape index (κ2) is 9.77. The number of halogens is 1. The lowest BCUT2D eigenvalue weighted by molar-refractivity contribution is -0.117. The molecular weight excluding hydrogens is 446 g/mol. The van der Waals surface area contributed by atoms with E-state index in [1.807, 2.05) is 24.3 Å². The number of carbonyl (C=O) groups excluding carboxylic acids is 2. The van der Waals surface area contributed by atoms with Crippen LogP contribution in [0.4, 0.5) is 5.69 Å². The van der Waals surface area contributed by atoms with E-state index in [4.69, 9.17) is 16.0 Å². The number of nitrogens with one attached hydrogen (secondary N) is 1. The molecule has 160 valence electrons. The van der Waals surface area contributed by atoms with Gasteiger partial charge in [0.05, 0.1) is 18.1 Å². The summed E-state index contributed by atoms with van der Waals surface area (Å²) < 4.78 is 5.23. The molecule has 1 N–H and O–H groups in total. The minimum absolute atomic E-state index is 0.114. The van der Waals surface area contributed by atoms with Gasteiger partial charge in [0.2, 0.25) is 5.91 Å². The zero-order chi connectivity index (χ0) is 22.5. The highest BCUT2D eigenvalue weighted by Gasteiger charge is 2.40. The Morgan fingerprint density at radius 1 is 1.12 bits per heavy atom. The third-order valence-electron chi connectivity index (χ3n) is 4.86. The van der Waals surface area contributed by atoms with Gasteiger partial charge in [0.1, 0.15) is 22.4 Å². The van der Waals surface area contributed by atoms with Gasteiger partial charge in [-0.25, -0.2) is 0 Å². The number of benzene rings is 2. The molecule has 1 saturated heterocycles. The minimum atomic E-state index is -0.563. The molecule has 1 aliphatic heterocycles. The van der Waals surface area contributed by atoms with Gasteiger partial charge >= 0.3 is 0 Å². The van der Waals surface area contributed by atoms with Crippen molar-refractivity contribution in [3.63, 3.8) is 0 Å². The summed E-state index contributed by atoms with van der Waals surface area (Å²) in [5, 5.41) is 13.0. The third kappa shape index (κ3) is 4.72. The molecule has 2 amide bonds. The molecule has 4 rings (SSSR count). The number of hydrogen-bond donors (Lipinski definition) is 1. The molecule has 3 aromatic rings. The van der Waals surface area contributed by atoms with Crippen molar-refractivity contribution in [3.8, 4) is 6.07 Å². The van der Waals surface area contributed by atoms with E-state index in [1.165, 1.54) is 22.9 Å². The molecule has 0 bridgehead atoms. The van der Waals surface area contributed by atoms with Crippen molar-refractivity contribution in [2.45, 2.75) is 18.2 Å². The van der Waals surface area contributed by atoms with Crippen LogP contribution in [-0.2, 0) is 22.6 Å². The Labute approximate surface area is 194 Å². The van der Waals surface area contributed by atoms with Crippen molar-refractivity contribution in [2.24, 2.45) is 0 Å². The van der Waals surface area contributed by atoms with Crippen molar-refractivity contribution in [1.29, 1.82) is 5.26 Å². The number of para-hydroxylation sites is 1. The SMILES string of the molecule is N#C/C(C(=O)NCc1ccco1)=C1/S[C@@H](Cc2ccc(Cl)cc2)C(=O)N1c1ccccc1. The van der Waals surface area contributed by atoms with Crippen LogP contribution in [0.25, 0.3) is 0 Å². The predicted molar refractivity (Wildman–Crippen MR) is 124 cm³/mol. The zero-order valence-corrected chi connectivity index (χ0v) is 18.4. The highest BCUT2D eigenvalue weighted by atomic mass is 35.5. The highest BCUT2D eigenvalue weighted by Crippen LogP contribution is 2.41. The number of amides is 2. The van der Waals surface area contributed by atoms with E-state index in [0.717, 1.165) is 5.56 Å². The van der Waals surface area contributed by atoms with Crippen molar-refractivity contribution in [1.82, 2.24) is 5.32 Å². The van der Waals surface area contributed by atoms with Gasteiger partial charge in [-0.2, -0.15) is 5.26 Å². The minimum Gasteiger partial charge on any atom is -0.467 e. The lowest BCUT2D eigenvalue weighted by atomic mass is 10.1. The number of anilines is 1. The van der Waals surface area contributed by atoms with Crippen molar-refractivity contribution in [3.05, 3.63) is 99.9 Å². The molecule has 8 heteroatoms. The largest absolute Gasteiger partial charge is 0.467 e. The van der Waals surface area contributed by atoms with E-state index in [9.17, 15) is 14.9 Å². The number of nitrogens with zero attached hydrogens (tertiary/aromatic N) is 2. The summed E-state index contributed by atoms with van der Waals surface area (Å²) in [6.45, 7) is 0.141. The van der Waals surface area contributed by atoms with Crippen LogP contribution in [-0.4, -0.2) is 17.1 Å². The van der Waals surface area contributed by atoms with Gasteiger partial charge < -0.3 is 9.73 Å². The van der Waals surface area contributed by atoms with Crippen molar-refractivity contribution in [2.75, 3.05) is 4.90 Å². The van der Waals surface area contributed by atoms with E-state index in [1.54, 1.807) is 48.5 Å². The molecule has 0 spiro atoms. The number of furan rings is 1. The lowest BCUT2D eigenvalue weighted by Gasteiger charge is -2.18. The first-order valence-corrected chi connectivity index (χ1v) is 11.1. The normalized spacial score (nSPS) is 17.2. The second-order valence-electron chi connectivity index (χ2n) is 7.00. The molecule has 32 heavy (non-hydrogen) atoms. The fraction of sp³-hybridized carbons (Fsp3) is 0.125. The van der Waals surface area contributed by atoms with Crippen molar-refractivity contribution >= 4 is 40.9 Å². The van der Waals surface area contributed by atoms with Gasteiger partial charge in [0.15, 0.2) is 0 Å². The Hall–Kier alpha value is -3.47. The first-order chi connectivity index (χ1) is 15.6. The maximum atomic E-state index is 13.4. The Balaban J connectivity index is 1.66. The van der Waals surface area contributed by atoms with Crippen LogP contribution >= 0.6 is 23.4 Å². The summed E-state index contributed by atoms with van der Waals surface area (Å²) in [7, 11) is 0. The number of carbonyl (C=O) groups is 2. The average Bonchev–Trinajstić information content (AvgIpc) is 3.43. The molecule has 2 aromatic carbocycles. The molecule has 0 aliphatic carbocycles. The van der Waals surface area contributed by atoms with Crippen LogP contribution in [0.5, 0.6) is 0 Å². The fourth-order valence-corrected chi connectivity index (χ4v) is 4.74. The van der Waals surface area contributed by atoms with Crippen LogP contribution in [0.3, 0.4) is 0 Å². The Morgan fingerprint density at radius 2 is 1.88 bits per heavy atom. The van der Waals surface area contributed by atoms with Crippen LogP contribution < -0.4 is 10.2 Å². The molecule has 1 aliphatic rings. The third-order valence-corrected chi connectivity index (χ3v) is 6.37. The molecule has 2 heterocycles. The number of nitriles is 1.